The first-order chi connectivity index (χ1) is 8.84. The topological polar surface area (TPSA) is 38.9 Å². The van der Waals surface area contributed by atoms with E-state index in [2.05, 4.69) is 17.1 Å². The first-order valence-corrected chi connectivity index (χ1v) is 6.61. The molecule has 0 amide bonds. The number of halogens is 1. The minimum Gasteiger partial charge on any atom is -0.319 e. The zero-order valence-electron chi connectivity index (χ0n) is 10.8. The van der Waals surface area contributed by atoms with Crippen LogP contribution < -0.4 is 5.73 Å². The summed E-state index contributed by atoms with van der Waals surface area (Å²) < 4.78 is 0. The van der Waals surface area contributed by atoms with Crippen molar-refractivity contribution in [2.75, 3.05) is 0 Å². The number of nitrogens with zero attached hydrogens (tertiary/aromatic N) is 1. The molecule has 2 N–H and O–H groups in total. The van der Waals surface area contributed by atoms with Gasteiger partial charge >= 0.3 is 0 Å². The van der Waals surface area contributed by atoms with Crippen molar-refractivity contribution in [3.63, 3.8) is 0 Å². The van der Waals surface area contributed by atoms with Gasteiger partial charge in [-0.05, 0) is 36.0 Å². The summed E-state index contributed by atoms with van der Waals surface area (Å²) in [4.78, 5) is 4.53. The summed E-state index contributed by atoms with van der Waals surface area (Å²) in [6, 6.07) is 14.3. The average Bonchev–Trinajstić information content (AvgIpc) is 2.38. The smallest absolute Gasteiger partial charge is 0.0726 e. The third-order valence-corrected chi connectivity index (χ3v) is 3.86. The summed E-state index contributed by atoms with van der Waals surface area (Å²) in [5.74, 6) is 0.736. The van der Waals surface area contributed by atoms with E-state index in [1.54, 1.807) is 0 Å². The molecule has 1 aliphatic rings. The molecule has 0 aliphatic heterocycles. The van der Waals surface area contributed by atoms with Crippen LogP contribution in [0.15, 0.2) is 48.7 Å². The molecule has 1 saturated carbocycles. The zero-order valence-corrected chi connectivity index (χ0v) is 11.6. The van der Waals surface area contributed by atoms with Crippen LogP contribution in [0.1, 0.15) is 48.0 Å². The Morgan fingerprint density at radius 2 is 1.79 bits per heavy atom. The minimum atomic E-state index is -0.123. The Balaban J connectivity index is 0.00000133. The largest absolute Gasteiger partial charge is 0.319 e. The van der Waals surface area contributed by atoms with Crippen LogP contribution in [-0.4, -0.2) is 4.98 Å². The van der Waals surface area contributed by atoms with Gasteiger partial charge in [-0.3, -0.25) is 4.98 Å². The van der Waals surface area contributed by atoms with Crippen molar-refractivity contribution in [1.82, 2.24) is 4.98 Å². The van der Waals surface area contributed by atoms with Gasteiger partial charge < -0.3 is 5.73 Å². The summed E-state index contributed by atoms with van der Waals surface area (Å²) in [6.07, 6.45) is 5.98. The van der Waals surface area contributed by atoms with Crippen LogP contribution in [0.2, 0.25) is 0 Å². The van der Waals surface area contributed by atoms with E-state index in [1.807, 2.05) is 36.5 Å². The monoisotopic (exact) mass is 274 g/mol. The van der Waals surface area contributed by atoms with E-state index >= 15 is 0 Å². The van der Waals surface area contributed by atoms with Gasteiger partial charge in [0.05, 0.1) is 11.7 Å². The fraction of sp³-hybridized carbons (Fsp3) is 0.312. The Kier molecular flexibility index (Phi) is 4.56. The highest BCUT2D eigenvalue weighted by atomic mass is 35.5. The number of benzene rings is 1. The lowest BCUT2D eigenvalue weighted by Crippen LogP contribution is -2.14. The van der Waals surface area contributed by atoms with E-state index in [9.17, 15) is 0 Å². The van der Waals surface area contributed by atoms with Gasteiger partial charge in [0.2, 0.25) is 0 Å². The molecular formula is C16H19ClN2. The molecule has 1 aromatic carbocycles. The summed E-state index contributed by atoms with van der Waals surface area (Å²) in [5, 5.41) is 0. The lowest BCUT2D eigenvalue weighted by atomic mass is 9.80. The Labute approximate surface area is 120 Å². The van der Waals surface area contributed by atoms with Crippen molar-refractivity contribution in [2.24, 2.45) is 5.73 Å². The second-order valence-corrected chi connectivity index (χ2v) is 5.03. The van der Waals surface area contributed by atoms with Crippen LogP contribution in [0.3, 0.4) is 0 Å². The lowest BCUT2D eigenvalue weighted by Gasteiger charge is -2.25. The third kappa shape index (κ3) is 2.96. The number of pyridine rings is 1. The highest BCUT2D eigenvalue weighted by molar-refractivity contribution is 5.85. The first kappa shape index (κ1) is 14.0. The third-order valence-electron chi connectivity index (χ3n) is 3.86. The highest BCUT2D eigenvalue weighted by Crippen LogP contribution is 2.36. The molecule has 100 valence electrons. The van der Waals surface area contributed by atoms with Crippen LogP contribution >= 0.6 is 12.4 Å². The fourth-order valence-corrected chi connectivity index (χ4v) is 2.41. The van der Waals surface area contributed by atoms with Crippen LogP contribution in [0.25, 0.3) is 0 Å². The quantitative estimate of drug-likeness (QED) is 0.924. The van der Waals surface area contributed by atoms with Gasteiger partial charge in [-0.1, -0.05) is 42.8 Å². The number of nitrogens with two attached hydrogens (primary N) is 1. The Morgan fingerprint density at radius 3 is 2.32 bits per heavy atom. The Morgan fingerprint density at radius 1 is 1.05 bits per heavy atom. The first-order valence-electron chi connectivity index (χ1n) is 6.61. The van der Waals surface area contributed by atoms with Crippen molar-refractivity contribution in [3.8, 4) is 0 Å². The maximum atomic E-state index is 6.23. The number of hydrogen-bond donors (Lipinski definition) is 1. The fourth-order valence-electron chi connectivity index (χ4n) is 2.41. The van der Waals surface area contributed by atoms with E-state index < -0.39 is 0 Å². The SMILES string of the molecule is Cl.NC(c1ccccc1)c1ccc(C2CCC2)cn1. The maximum Gasteiger partial charge on any atom is 0.0726 e. The maximum absolute atomic E-state index is 6.23. The standard InChI is InChI=1S/C16H18N2.ClH/c17-16(13-5-2-1-3-6-13)15-10-9-14(11-18-15)12-7-4-8-12;/h1-3,5-6,9-12,16H,4,7-8,17H2;1H. The minimum absolute atomic E-state index is 0. The molecule has 1 aromatic heterocycles. The van der Waals surface area contributed by atoms with Crippen molar-refractivity contribution < 1.29 is 0 Å². The molecular weight excluding hydrogens is 256 g/mol. The van der Waals surface area contributed by atoms with Gasteiger partial charge in [0, 0.05) is 6.20 Å². The van der Waals surface area contributed by atoms with Crippen molar-refractivity contribution in [2.45, 2.75) is 31.2 Å². The van der Waals surface area contributed by atoms with E-state index in [0.29, 0.717) is 0 Å². The molecule has 3 heteroatoms. The lowest BCUT2D eigenvalue weighted by molar-refractivity contribution is 0.418. The molecule has 3 rings (SSSR count). The molecule has 1 fully saturated rings. The second kappa shape index (κ2) is 6.18. The van der Waals surface area contributed by atoms with E-state index in [0.717, 1.165) is 17.2 Å². The predicted octanol–water partition coefficient (Wildman–Crippen LogP) is 3.82. The molecule has 0 bridgehead atoms. The summed E-state index contributed by atoms with van der Waals surface area (Å²) in [7, 11) is 0. The van der Waals surface area contributed by atoms with Crippen LogP contribution in [0, 0.1) is 0 Å². The van der Waals surface area contributed by atoms with Crippen molar-refractivity contribution in [1.29, 1.82) is 0 Å². The van der Waals surface area contributed by atoms with E-state index in [-0.39, 0.29) is 18.4 Å². The number of aromatic nitrogens is 1. The van der Waals surface area contributed by atoms with Gasteiger partial charge in [-0.2, -0.15) is 0 Å². The zero-order chi connectivity index (χ0) is 12.4. The second-order valence-electron chi connectivity index (χ2n) is 5.03. The normalized spacial score (nSPS) is 16.3. The van der Waals surface area contributed by atoms with Gasteiger partial charge in [0.1, 0.15) is 0 Å². The number of rotatable bonds is 3. The predicted molar refractivity (Wildman–Crippen MR) is 80.5 cm³/mol. The van der Waals surface area contributed by atoms with E-state index in [4.69, 9.17) is 5.73 Å². The molecule has 1 heterocycles. The summed E-state index contributed by atoms with van der Waals surface area (Å²) in [6.45, 7) is 0. The number of hydrogen-bond acceptors (Lipinski definition) is 2. The molecule has 2 nitrogen and oxygen atoms in total. The van der Waals surface area contributed by atoms with Crippen LogP contribution in [0.5, 0.6) is 0 Å². The molecule has 0 saturated heterocycles. The summed E-state index contributed by atoms with van der Waals surface area (Å²) >= 11 is 0. The Hall–Kier alpha value is -1.38. The van der Waals surface area contributed by atoms with Gasteiger partial charge in [0.25, 0.3) is 0 Å². The average molecular weight is 275 g/mol. The van der Waals surface area contributed by atoms with Gasteiger partial charge in [-0.25, -0.2) is 0 Å². The molecule has 0 radical (unpaired) electrons. The molecule has 0 spiro atoms. The highest BCUT2D eigenvalue weighted by Gasteiger charge is 2.20. The van der Waals surface area contributed by atoms with Crippen LogP contribution in [0.4, 0.5) is 0 Å². The van der Waals surface area contributed by atoms with Gasteiger partial charge in [0.15, 0.2) is 0 Å². The Bertz CT molecular complexity index is 506. The summed E-state index contributed by atoms with van der Waals surface area (Å²) in [5.41, 5.74) is 9.65. The van der Waals surface area contributed by atoms with Crippen LogP contribution in [-0.2, 0) is 0 Å². The molecule has 1 unspecified atom stereocenters. The molecule has 2 aromatic rings. The molecule has 1 aliphatic carbocycles. The van der Waals surface area contributed by atoms with Crippen molar-refractivity contribution >= 4 is 12.4 Å². The molecule has 19 heavy (non-hydrogen) atoms. The van der Waals surface area contributed by atoms with E-state index in [1.165, 1.54) is 24.8 Å². The van der Waals surface area contributed by atoms with Gasteiger partial charge in [-0.15, -0.1) is 12.4 Å². The van der Waals surface area contributed by atoms with Crippen molar-refractivity contribution in [3.05, 3.63) is 65.5 Å². The molecule has 1 atom stereocenters.